The molecule has 0 aliphatic carbocycles. The van der Waals surface area contributed by atoms with Crippen LogP contribution >= 0.6 is 0 Å². The Hall–Kier alpha value is -3.61. The van der Waals surface area contributed by atoms with Crippen molar-refractivity contribution < 1.29 is 27.1 Å². The van der Waals surface area contributed by atoms with E-state index in [0.717, 1.165) is 22.9 Å². The number of benzene rings is 3. The van der Waals surface area contributed by atoms with Crippen LogP contribution in [0.5, 0.6) is 0 Å². The molecule has 0 amide bonds. The van der Waals surface area contributed by atoms with E-state index in [1.807, 2.05) is 30.3 Å². The normalized spacial score (nSPS) is 11.7. The molecule has 152 valence electrons. The maximum Gasteiger partial charge on any atom is 0.416 e. The second-order valence-electron chi connectivity index (χ2n) is 6.79. The lowest BCUT2D eigenvalue weighted by molar-refractivity contribution is -0.144. The van der Waals surface area contributed by atoms with Gasteiger partial charge in [0.15, 0.2) is 0 Å². The Bertz CT molecular complexity index is 1310. The summed E-state index contributed by atoms with van der Waals surface area (Å²) in [5.74, 6) is -0.698. The van der Waals surface area contributed by atoms with E-state index in [-0.39, 0.29) is 18.6 Å². The summed E-state index contributed by atoms with van der Waals surface area (Å²) < 4.78 is 49.0. The van der Waals surface area contributed by atoms with Crippen molar-refractivity contribution in [1.82, 2.24) is 0 Å². The van der Waals surface area contributed by atoms with E-state index in [0.29, 0.717) is 16.5 Å². The van der Waals surface area contributed by atoms with Crippen LogP contribution in [0.25, 0.3) is 21.7 Å². The molecule has 0 saturated carbocycles. The second kappa shape index (κ2) is 7.67. The zero-order valence-electron chi connectivity index (χ0n) is 15.5. The van der Waals surface area contributed by atoms with Gasteiger partial charge >= 0.3 is 17.8 Å². The number of halogens is 3. The van der Waals surface area contributed by atoms with Gasteiger partial charge in [0.1, 0.15) is 12.2 Å². The summed E-state index contributed by atoms with van der Waals surface area (Å²) in [7, 11) is 0. The summed E-state index contributed by atoms with van der Waals surface area (Å²) in [5.41, 5.74) is -0.383. The van der Waals surface area contributed by atoms with Crippen molar-refractivity contribution >= 4 is 27.7 Å². The summed E-state index contributed by atoms with van der Waals surface area (Å²) >= 11 is 0. The molecule has 0 atom stereocenters. The molecule has 4 aromatic rings. The van der Waals surface area contributed by atoms with Crippen LogP contribution in [0.4, 0.5) is 13.2 Å². The lowest BCUT2D eigenvalue weighted by Crippen LogP contribution is -2.11. The smallest absolute Gasteiger partial charge is 0.416 e. The van der Waals surface area contributed by atoms with Crippen molar-refractivity contribution in [3.8, 4) is 0 Å². The third kappa shape index (κ3) is 4.05. The quantitative estimate of drug-likeness (QED) is 0.261. The van der Waals surface area contributed by atoms with Crippen LogP contribution in [0, 0.1) is 0 Å². The van der Waals surface area contributed by atoms with Crippen LogP contribution in [-0.2, 0) is 28.7 Å². The Morgan fingerprint density at radius 2 is 1.77 bits per heavy atom. The van der Waals surface area contributed by atoms with Crippen molar-refractivity contribution in [2.24, 2.45) is 0 Å². The molecule has 0 aliphatic rings. The first-order chi connectivity index (χ1) is 14.3. The van der Waals surface area contributed by atoms with E-state index < -0.39 is 23.3 Å². The zero-order valence-corrected chi connectivity index (χ0v) is 15.5. The molecule has 4 rings (SSSR count). The number of hydrogen-bond acceptors (Lipinski definition) is 4. The van der Waals surface area contributed by atoms with Crippen LogP contribution in [-0.4, -0.2) is 5.97 Å². The van der Waals surface area contributed by atoms with Crippen molar-refractivity contribution in [2.75, 3.05) is 0 Å². The molecule has 0 unspecified atom stereocenters. The molecule has 4 nitrogen and oxygen atoms in total. The minimum Gasteiger partial charge on any atom is -0.461 e. The predicted molar refractivity (Wildman–Crippen MR) is 105 cm³/mol. The number of fused-ring (bicyclic) bond motifs is 3. The van der Waals surface area contributed by atoms with Gasteiger partial charge in [-0.05, 0) is 28.5 Å². The van der Waals surface area contributed by atoms with Gasteiger partial charge in [0.25, 0.3) is 0 Å². The Balaban J connectivity index is 1.59. The topological polar surface area (TPSA) is 56.5 Å². The van der Waals surface area contributed by atoms with Crippen molar-refractivity contribution in [3.63, 3.8) is 0 Å². The Kier molecular flexibility index (Phi) is 5.03. The number of ether oxygens (including phenoxy) is 1. The van der Waals surface area contributed by atoms with E-state index >= 15 is 0 Å². The Labute approximate surface area is 168 Å². The third-order valence-corrected chi connectivity index (χ3v) is 4.71. The number of esters is 1. The molecule has 1 heterocycles. The van der Waals surface area contributed by atoms with Gasteiger partial charge in [-0.3, -0.25) is 4.79 Å². The molecule has 0 fully saturated rings. The lowest BCUT2D eigenvalue weighted by atomic mass is 10.0. The van der Waals surface area contributed by atoms with Crippen LogP contribution in [0.15, 0.2) is 75.9 Å². The van der Waals surface area contributed by atoms with Gasteiger partial charge in [0.2, 0.25) is 0 Å². The highest BCUT2D eigenvalue weighted by Crippen LogP contribution is 2.30. The molecule has 0 radical (unpaired) electrons. The molecule has 7 heteroatoms. The molecule has 0 spiro atoms. The molecule has 0 bridgehead atoms. The minimum absolute atomic E-state index is 0.192. The summed E-state index contributed by atoms with van der Waals surface area (Å²) in [6, 6.07) is 16.8. The van der Waals surface area contributed by atoms with E-state index in [4.69, 9.17) is 9.15 Å². The predicted octanol–water partition coefficient (Wildman–Crippen LogP) is 5.25. The van der Waals surface area contributed by atoms with Gasteiger partial charge in [-0.25, -0.2) is 4.79 Å². The van der Waals surface area contributed by atoms with Gasteiger partial charge in [-0.15, -0.1) is 0 Å². The summed E-state index contributed by atoms with van der Waals surface area (Å²) in [5, 5.41) is 2.41. The average Bonchev–Trinajstić information content (AvgIpc) is 2.71. The number of carbonyl (C=O) groups is 1. The highest BCUT2D eigenvalue weighted by molar-refractivity contribution is 6.07. The van der Waals surface area contributed by atoms with Gasteiger partial charge in [-0.1, -0.05) is 48.5 Å². The fourth-order valence-corrected chi connectivity index (χ4v) is 3.37. The fraction of sp³-hybridized carbons (Fsp3) is 0.130. The maximum absolute atomic E-state index is 12.8. The van der Waals surface area contributed by atoms with Crippen molar-refractivity contribution in [3.05, 3.63) is 93.8 Å². The van der Waals surface area contributed by atoms with Crippen LogP contribution in [0.1, 0.15) is 16.7 Å². The largest absolute Gasteiger partial charge is 0.461 e. The molecule has 30 heavy (non-hydrogen) atoms. The SMILES string of the molecule is O=C(Cc1cccc(C(F)(F)F)c1)OCc1cc(=O)oc2ccc3ccccc3c12. The van der Waals surface area contributed by atoms with E-state index in [1.54, 1.807) is 6.07 Å². The summed E-state index contributed by atoms with van der Waals surface area (Å²) in [6.45, 7) is -0.200. The number of alkyl halides is 3. The molecule has 0 saturated heterocycles. The molecular weight excluding hydrogens is 397 g/mol. The first-order valence-electron chi connectivity index (χ1n) is 9.07. The number of hydrogen-bond donors (Lipinski definition) is 0. The maximum atomic E-state index is 12.8. The fourth-order valence-electron chi connectivity index (χ4n) is 3.37. The Morgan fingerprint density at radius 3 is 2.57 bits per heavy atom. The van der Waals surface area contributed by atoms with Crippen LogP contribution < -0.4 is 5.63 Å². The van der Waals surface area contributed by atoms with Gasteiger partial charge < -0.3 is 9.15 Å². The Morgan fingerprint density at radius 1 is 0.967 bits per heavy atom. The van der Waals surface area contributed by atoms with Gasteiger partial charge in [0, 0.05) is 17.0 Å². The lowest BCUT2D eigenvalue weighted by Gasteiger charge is -2.11. The first-order valence-corrected chi connectivity index (χ1v) is 9.07. The third-order valence-electron chi connectivity index (χ3n) is 4.71. The highest BCUT2D eigenvalue weighted by atomic mass is 19.4. The molecule has 1 aromatic heterocycles. The highest BCUT2D eigenvalue weighted by Gasteiger charge is 2.30. The summed E-state index contributed by atoms with van der Waals surface area (Å²) in [4.78, 5) is 24.1. The van der Waals surface area contributed by atoms with Gasteiger partial charge in [0.05, 0.1) is 12.0 Å². The summed E-state index contributed by atoms with van der Waals surface area (Å²) in [6.07, 6.45) is -4.80. The van der Waals surface area contributed by atoms with E-state index in [2.05, 4.69) is 0 Å². The number of carbonyl (C=O) groups excluding carboxylic acids is 1. The number of rotatable bonds is 4. The molecule has 3 aromatic carbocycles. The first kappa shape index (κ1) is 19.7. The van der Waals surface area contributed by atoms with Crippen LogP contribution in [0.2, 0.25) is 0 Å². The van der Waals surface area contributed by atoms with E-state index in [1.165, 1.54) is 18.2 Å². The zero-order chi connectivity index (χ0) is 21.3. The van der Waals surface area contributed by atoms with Crippen molar-refractivity contribution in [1.29, 1.82) is 0 Å². The standard InChI is InChI=1S/C23H15F3O4/c24-23(25,26)17-6-3-4-14(10-17)11-20(27)29-13-16-12-21(28)30-19-9-8-15-5-1-2-7-18(15)22(16)19/h1-10,12H,11,13H2. The molecule has 0 aliphatic heterocycles. The molecular formula is C23H15F3O4. The second-order valence-corrected chi connectivity index (χ2v) is 6.79. The van der Waals surface area contributed by atoms with Crippen LogP contribution in [0.3, 0.4) is 0 Å². The van der Waals surface area contributed by atoms with Gasteiger partial charge in [-0.2, -0.15) is 13.2 Å². The average molecular weight is 412 g/mol. The van der Waals surface area contributed by atoms with Crippen molar-refractivity contribution in [2.45, 2.75) is 19.2 Å². The molecule has 0 N–H and O–H groups in total. The monoisotopic (exact) mass is 412 g/mol. The van der Waals surface area contributed by atoms with E-state index in [9.17, 15) is 22.8 Å². The minimum atomic E-state index is -4.49.